The highest BCUT2D eigenvalue weighted by Gasteiger charge is 2.23. The standard InChI is InChI=1S/C10H11ClO4S/c1-7(6-10(12)13)16(14,15)9-4-2-8(11)3-5-9/h2-5,7H,6H2,1H3,(H,12,13)/p-1/t7-/m1/s1. The number of rotatable bonds is 4. The minimum absolute atomic E-state index is 0.0608. The molecule has 6 heteroatoms. The Kier molecular flexibility index (Phi) is 3.93. The van der Waals surface area contributed by atoms with Crippen LogP contribution in [0.3, 0.4) is 0 Å². The van der Waals surface area contributed by atoms with Gasteiger partial charge < -0.3 is 9.90 Å². The third-order valence-electron chi connectivity index (χ3n) is 2.13. The molecule has 4 nitrogen and oxygen atoms in total. The summed E-state index contributed by atoms with van der Waals surface area (Å²) in [5.41, 5.74) is 0. The molecule has 0 aliphatic heterocycles. The van der Waals surface area contributed by atoms with Gasteiger partial charge in [0, 0.05) is 17.4 Å². The number of halogens is 1. The maximum absolute atomic E-state index is 11.8. The van der Waals surface area contributed by atoms with Crippen molar-refractivity contribution in [2.75, 3.05) is 0 Å². The molecule has 0 aromatic heterocycles. The Hall–Kier alpha value is -1.07. The lowest BCUT2D eigenvalue weighted by Crippen LogP contribution is -2.30. The Bertz CT molecular complexity index is 478. The first-order valence-electron chi connectivity index (χ1n) is 4.53. The zero-order valence-corrected chi connectivity index (χ0v) is 10.1. The molecule has 0 aliphatic rings. The topological polar surface area (TPSA) is 74.3 Å². The summed E-state index contributed by atoms with van der Waals surface area (Å²) in [6.45, 7) is 1.33. The van der Waals surface area contributed by atoms with Crippen LogP contribution in [0.5, 0.6) is 0 Å². The zero-order valence-electron chi connectivity index (χ0n) is 8.51. The molecule has 1 atom stereocenters. The summed E-state index contributed by atoms with van der Waals surface area (Å²) in [7, 11) is -3.63. The molecule has 0 spiro atoms. The van der Waals surface area contributed by atoms with Crippen molar-refractivity contribution in [1.29, 1.82) is 0 Å². The van der Waals surface area contributed by atoms with Crippen molar-refractivity contribution in [3.8, 4) is 0 Å². The van der Waals surface area contributed by atoms with Crippen LogP contribution in [0.25, 0.3) is 0 Å². The predicted octanol–water partition coefficient (Wildman–Crippen LogP) is 0.642. The van der Waals surface area contributed by atoms with Gasteiger partial charge in [-0.3, -0.25) is 0 Å². The molecule has 0 heterocycles. The van der Waals surface area contributed by atoms with Gasteiger partial charge in [-0.15, -0.1) is 0 Å². The number of carbonyl (C=O) groups excluding carboxylic acids is 1. The number of hydrogen-bond acceptors (Lipinski definition) is 4. The summed E-state index contributed by atoms with van der Waals surface area (Å²) in [5, 5.41) is 9.75. The molecule has 16 heavy (non-hydrogen) atoms. The minimum Gasteiger partial charge on any atom is -0.550 e. The van der Waals surface area contributed by atoms with E-state index in [0.29, 0.717) is 5.02 Å². The third-order valence-corrected chi connectivity index (χ3v) is 4.53. The molecule has 0 fully saturated rings. The molecule has 0 aliphatic carbocycles. The Labute approximate surface area is 98.8 Å². The van der Waals surface area contributed by atoms with Gasteiger partial charge in [0.2, 0.25) is 0 Å². The fourth-order valence-electron chi connectivity index (χ4n) is 1.20. The highest BCUT2D eigenvalue weighted by Crippen LogP contribution is 2.20. The monoisotopic (exact) mass is 261 g/mol. The van der Waals surface area contributed by atoms with Crippen molar-refractivity contribution >= 4 is 27.4 Å². The van der Waals surface area contributed by atoms with Crippen LogP contribution in [0, 0.1) is 0 Å². The van der Waals surface area contributed by atoms with Crippen LogP contribution in [0.4, 0.5) is 0 Å². The van der Waals surface area contributed by atoms with Crippen molar-refractivity contribution < 1.29 is 18.3 Å². The molecule has 88 valence electrons. The van der Waals surface area contributed by atoms with Crippen molar-refractivity contribution in [3.05, 3.63) is 29.3 Å². The summed E-state index contributed by atoms with van der Waals surface area (Å²) in [6, 6.07) is 5.59. The lowest BCUT2D eigenvalue weighted by atomic mass is 10.3. The van der Waals surface area contributed by atoms with E-state index < -0.39 is 27.5 Å². The second-order valence-corrected chi connectivity index (χ2v) is 6.19. The van der Waals surface area contributed by atoms with Crippen LogP contribution in [-0.2, 0) is 14.6 Å². The lowest BCUT2D eigenvalue weighted by molar-refractivity contribution is -0.305. The third kappa shape index (κ3) is 2.96. The summed E-state index contributed by atoms with van der Waals surface area (Å²) >= 11 is 5.63. The van der Waals surface area contributed by atoms with Gasteiger partial charge in [0.25, 0.3) is 0 Å². The fourth-order valence-corrected chi connectivity index (χ4v) is 2.66. The van der Waals surface area contributed by atoms with E-state index in [2.05, 4.69) is 0 Å². The molecule has 1 aromatic rings. The van der Waals surface area contributed by atoms with Gasteiger partial charge in [0.1, 0.15) is 0 Å². The second-order valence-electron chi connectivity index (χ2n) is 3.39. The Balaban J connectivity index is 3.02. The summed E-state index contributed by atoms with van der Waals surface area (Å²) < 4.78 is 23.7. The largest absolute Gasteiger partial charge is 0.550 e. The van der Waals surface area contributed by atoms with E-state index in [1.165, 1.54) is 31.2 Å². The number of benzene rings is 1. The molecule has 0 saturated heterocycles. The number of sulfone groups is 1. The zero-order chi connectivity index (χ0) is 12.3. The van der Waals surface area contributed by atoms with Gasteiger partial charge in [-0.1, -0.05) is 11.6 Å². The normalized spacial score (nSPS) is 13.4. The van der Waals surface area contributed by atoms with E-state index in [4.69, 9.17) is 11.6 Å². The van der Waals surface area contributed by atoms with E-state index in [1.807, 2.05) is 0 Å². The van der Waals surface area contributed by atoms with Crippen LogP contribution in [0.15, 0.2) is 29.2 Å². The van der Waals surface area contributed by atoms with Gasteiger partial charge in [0.05, 0.1) is 10.1 Å². The average Bonchev–Trinajstić information content (AvgIpc) is 2.17. The smallest absolute Gasteiger partial charge is 0.181 e. The Morgan fingerprint density at radius 3 is 2.31 bits per heavy atom. The van der Waals surface area contributed by atoms with Crippen LogP contribution in [0.1, 0.15) is 13.3 Å². The van der Waals surface area contributed by atoms with Crippen LogP contribution in [0.2, 0.25) is 5.02 Å². The molecule has 1 rings (SSSR count). The molecular formula is C10H10ClO4S-. The summed E-state index contributed by atoms with van der Waals surface area (Å²) in [4.78, 5) is 10.4. The molecule has 0 unspecified atom stereocenters. The summed E-state index contributed by atoms with van der Waals surface area (Å²) in [6.07, 6.45) is -0.523. The SMILES string of the molecule is C[C@H](CC(=O)[O-])S(=O)(=O)c1ccc(Cl)cc1. The maximum atomic E-state index is 11.8. The highest BCUT2D eigenvalue weighted by atomic mass is 35.5. The van der Waals surface area contributed by atoms with Gasteiger partial charge in [-0.05, 0) is 31.2 Å². The van der Waals surface area contributed by atoms with E-state index >= 15 is 0 Å². The first-order chi connectivity index (χ1) is 7.34. The second kappa shape index (κ2) is 4.84. The fraction of sp³-hybridized carbons (Fsp3) is 0.300. The van der Waals surface area contributed by atoms with Gasteiger partial charge in [-0.2, -0.15) is 0 Å². The number of hydrogen-bond donors (Lipinski definition) is 0. The van der Waals surface area contributed by atoms with Gasteiger partial charge >= 0.3 is 0 Å². The number of carbonyl (C=O) groups is 1. The van der Waals surface area contributed by atoms with E-state index in [0.717, 1.165) is 0 Å². The van der Waals surface area contributed by atoms with Crippen molar-refractivity contribution in [1.82, 2.24) is 0 Å². The van der Waals surface area contributed by atoms with Crippen molar-refractivity contribution in [3.63, 3.8) is 0 Å². The number of aliphatic carboxylic acids is 1. The highest BCUT2D eigenvalue weighted by molar-refractivity contribution is 7.92. The maximum Gasteiger partial charge on any atom is 0.181 e. The molecule has 0 amide bonds. The molecule has 0 N–H and O–H groups in total. The Morgan fingerprint density at radius 1 is 1.38 bits per heavy atom. The van der Waals surface area contributed by atoms with Crippen molar-refractivity contribution in [2.45, 2.75) is 23.5 Å². The van der Waals surface area contributed by atoms with Crippen LogP contribution < -0.4 is 5.11 Å². The quantitative estimate of drug-likeness (QED) is 0.797. The van der Waals surface area contributed by atoms with Gasteiger partial charge in [-0.25, -0.2) is 8.42 Å². The first-order valence-corrected chi connectivity index (χ1v) is 6.46. The predicted molar refractivity (Wildman–Crippen MR) is 57.7 cm³/mol. The molecule has 1 aromatic carbocycles. The number of carboxylic acids is 1. The molecule has 0 bridgehead atoms. The first kappa shape index (κ1) is 13.0. The Morgan fingerprint density at radius 2 is 1.88 bits per heavy atom. The summed E-state index contributed by atoms with van der Waals surface area (Å²) in [5.74, 6) is -1.38. The minimum atomic E-state index is -3.63. The van der Waals surface area contributed by atoms with E-state index in [9.17, 15) is 18.3 Å². The molecular weight excluding hydrogens is 252 g/mol. The van der Waals surface area contributed by atoms with Crippen molar-refractivity contribution in [2.24, 2.45) is 0 Å². The van der Waals surface area contributed by atoms with Crippen LogP contribution >= 0.6 is 11.6 Å². The van der Waals surface area contributed by atoms with Gasteiger partial charge in [0.15, 0.2) is 9.84 Å². The number of carboxylic acid groups (broad SMARTS) is 1. The molecule has 0 radical (unpaired) electrons. The van der Waals surface area contributed by atoms with E-state index in [1.54, 1.807) is 0 Å². The van der Waals surface area contributed by atoms with Crippen LogP contribution in [-0.4, -0.2) is 19.6 Å². The van der Waals surface area contributed by atoms with E-state index in [-0.39, 0.29) is 4.90 Å². The lowest BCUT2D eigenvalue weighted by Gasteiger charge is -2.13. The molecule has 0 saturated carbocycles. The average molecular weight is 262 g/mol.